The van der Waals surface area contributed by atoms with Crippen LogP contribution in [0.5, 0.6) is 0 Å². The van der Waals surface area contributed by atoms with Gasteiger partial charge in [-0.3, -0.25) is 4.79 Å². The number of benzene rings is 1. The molecule has 23 heavy (non-hydrogen) atoms. The van der Waals surface area contributed by atoms with Crippen LogP contribution in [0.2, 0.25) is 0 Å². The van der Waals surface area contributed by atoms with Crippen molar-refractivity contribution in [1.29, 1.82) is 0 Å². The first-order valence-electron chi connectivity index (χ1n) is 8.04. The van der Waals surface area contributed by atoms with Crippen LogP contribution >= 0.6 is 0 Å². The molecule has 0 saturated carbocycles. The van der Waals surface area contributed by atoms with Gasteiger partial charge in [-0.15, -0.1) is 0 Å². The van der Waals surface area contributed by atoms with Gasteiger partial charge in [-0.05, 0) is 58.4 Å². The molecule has 0 fully saturated rings. The van der Waals surface area contributed by atoms with Crippen molar-refractivity contribution in [2.45, 2.75) is 53.1 Å². The van der Waals surface area contributed by atoms with Gasteiger partial charge in [-0.25, -0.2) is 0 Å². The molecule has 0 bridgehead atoms. The van der Waals surface area contributed by atoms with E-state index in [1.165, 1.54) is 5.56 Å². The summed E-state index contributed by atoms with van der Waals surface area (Å²) in [6.45, 7) is 10.0. The Morgan fingerprint density at radius 3 is 2.48 bits per heavy atom. The van der Waals surface area contributed by atoms with E-state index in [1.54, 1.807) is 0 Å². The Morgan fingerprint density at radius 1 is 1.13 bits per heavy atom. The number of carbonyl (C=O) groups excluding carboxylic acids is 1. The highest BCUT2D eigenvalue weighted by molar-refractivity contribution is 5.91. The van der Waals surface area contributed by atoms with Crippen LogP contribution in [-0.2, 0) is 4.79 Å². The highest BCUT2D eigenvalue weighted by Gasteiger charge is 2.15. The van der Waals surface area contributed by atoms with Gasteiger partial charge >= 0.3 is 0 Å². The monoisotopic (exact) mass is 314 g/mol. The average Bonchev–Trinajstić information content (AvgIpc) is 2.88. The van der Waals surface area contributed by atoms with Crippen LogP contribution in [-0.4, -0.2) is 11.9 Å². The second kappa shape index (κ2) is 7.47. The van der Waals surface area contributed by atoms with Crippen molar-refractivity contribution in [3.05, 3.63) is 53.0 Å². The predicted molar refractivity (Wildman–Crippen MR) is 93.6 cm³/mol. The molecule has 0 spiro atoms. The van der Waals surface area contributed by atoms with Crippen molar-refractivity contribution in [2.75, 3.05) is 5.32 Å². The van der Waals surface area contributed by atoms with Crippen molar-refractivity contribution < 1.29 is 9.21 Å². The van der Waals surface area contributed by atoms with Crippen molar-refractivity contribution in [2.24, 2.45) is 0 Å². The third-order valence-corrected chi connectivity index (χ3v) is 3.87. The summed E-state index contributed by atoms with van der Waals surface area (Å²) in [5.41, 5.74) is 3.15. The number of aryl methyl sites for hydroxylation is 3. The maximum atomic E-state index is 12.2. The van der Waals surface area contributed by atoms with Gasteiger partial charge in [-0.1, -0.05) is 17.7 Å². The number of amides is 1. The topological polar surface area (TPSA) is 54.3 Å². The molecule has 0 aliphatic rings. The fourth-order valence-corrected chi connectivity index (χ4v) is 2.69. The summed E-state index contributed by atoms with van der Waals surface area (Å²) >= 11 is 0. The van der Waals surface area contributed by atoms with Crippen LogP contribution in [0, 0.1) is 20.8 Å². The minimum Gasteiger partial charge on any atom is -0.465 e. The van der Waals surface area contributed by atoms with Gasteiger partial charge in [-0.2, -0.15) is 0 Å². The molecule has 2 N–H and O–H groups in total. The standard InChI is InChI=1S/C19H26N2O2/c1-12-6-8-17(13(2)10-12)21-19(22)11-14(3)20-16(5)18-9-7-15(4)23-18/h6-10,14,16,20H,11H2,1-5H3,(H,21,22). The number of rotatable bonds is 6. The molecule has 2 rings (SSSR count). The van der Waals surface area contributed by atoms with Gasteiger partial charge in [0, 0.05) is 18.2 Å². The summed E-state index contributed by atoms with van der Waals surface area (Å²) in [6.07, 6.45) is 0.414. The van der Waals surface area contributed by atoms with Gasteiger partial charge in [0.15, 0.2) is 0 Å². The normalized spacial score (nSPS) is 13.6. The molecule has 124 valence electrons. The van der Waals surface area contributed by atoms with Gasteiger partial charge < -0.3 is 15.1 Å². The summed E-state index contributed by atoms with van der Waals surface area (Å²) in [7, 11) is 0. The van der Waals surface area contributed by atoms with Crippen LogP contribution in [0.15, 0.2) is 34.7 Å². The average molecular weight is 314 g/mol. The Bertz CT molecular complexity index is 676. The Labute approximate surface area is 138 Å². The van der Waals surface area contributed by atoms with Gasteiger partial charge in [0.2, 0.25) is 5.91 Å². The van der Waals surface area contributed by atoms with E-state index in [-0.39, 0.29) is 18.0 Å². The largest absolute Gasteiger partial charge is 0.465 e. The SMILES string of the molecule is Cc1ccc(NC(=O)CC(C)NC(C)c2ccc(C)o2)c(C)c1. The van der Waals surface area contributed by atoms with E-state index < -0.39 is 0 Å². The molecule has 2 unspecified atom stereocenters. The number of hydrogen-bond acceptors (Lipinski definition) is 3. The lowest BCUT2D eigenvalue weighted by Crippen LogP contribution is -2.32. The maximum Gasteiger partial charge on any atom is 0.225 e. The molecular formula is C19H26N2O2. The molecular weight excluding hydrogens is 288 g/mol. The van der Waals surface area contributed by atoms with Crippen LogP contribution in [0.25, 0.3) is 0 Å². The van der Waals surface area contributed by atoms with E-state index in [0.29, 0.717) is 6.42 Å². The van der Waals surface area contributed by atoms with Crippen molar-refractivity contribution >= 4 is 11.6 Å². The quantitative estimate of drug-likeness (QED) is 0.837. The van der Waals surface area contributed by atoms with Crippen molar-refractivity contribution in [3.63, 3.8) is 0 Å². The molecule has 1 amide bonds. The van der Waals surface area contributed by atoms with E-state index in [2.05, 4.69) is 16.7 Å². The van der Waals surface area contributed by atoms with Crippen LogP contribution in [0.4, 0.5) is 5.69 Å². The first-order valence-corrected chi connectivity index (χ1v) is 8.04. The predicted octanol–water partition coefficient (Wildman–Crippen LogP) is 4.27. The zero-order valence-electron chi connectivity index (χ0n) is 14.6. The fourth-order valence-electron chi connectivity index (χ4n) is 2.69. The van der Waals surface area contributed by atoms with Gasteiger partial charge in [0.05, 0.1) is 6.04 Å². The van der Waals surface area contributed by atoms with E-state index in [0.717, 1.165) is 22.8 Å². The Kier molecular flexibility index (Phi) is 5.61. The van der Waals surface area contributed by atoms with E-state index in [1.807, 2.05) is 58.9 Å². The van der Waals surface area contributed by atoms with Gasteiger partial charge in [0.25, 0.3) is 0 Å². The van der Waals surface area contributed by atoms with E-state index >= 15 is 0 Å². The third kappa shape index (κ3) is 4.96. The van der Waals surface area contributed by atoms with Crippen LogP contribution < -0.4 is 10.6 Å². The lowest BCUT2D eigenvalue weighted by Gasteiger charge is -2.18. The molecule has 1 aromatic carbocycles. The number of nitrogens with one attached hydrogen (secondary N) is 2. The molecule has 2 atom stereocenters. The second-order valence-corrected chi connectivity index (χ2v) is 6.31. The summed E-state index contributed by atoms with van der Waals surface area (Å²) in [4.78, 5) is 12.2. The van der Waals surface area contributed by atoms with E-state index in [9.17, 15) is 4.79 Å². The molecule has 0 radical (unpaired) electrons. The van der Waals surface area contributed by atoms with E-state index in [4.69, 9.17) is 4.42 Å². The van der Waals surface area contributed by atoms with Crippen LogP contribution in [0.1, 0.15) is 49.0 Å². The molecule has 0 aliphatic carbocycles. The van der Waals surface area contributed by atoms with Crippen molar-refractivity contribution in [3.8, 4) is 0 Å². The first-order chi connectivity index (χ1) is 10.8. The smallest absolute Gasteiger partial charge is 0.225 e. The number of furan rings is 1. The summed E-state index contributed by atoms with van der Waals surface area (Å²) in [5.74, 6) is 1.80. The molecule has 2 aromatic rings. The fraction of sp³-hybridized carbons (Fsp3) is 0.421. The Hall–Kier alpha value is -2.07. The van der Waals surface area contributed by atoms with Gasteiger partial charge in [0.1, 0.15) is 11.5 Å². The summed E-state index contributed by atoms with van der Waals surface area (Å²) in [5, 5.41) is 6.38. The highest BCUT2D eigenvalue weighted by atomic mass is 16.3. The Balaban J connectivity index is 1.87. The zero-order chi connectivity index (χ0) is 17.0. The Morgan fingerprint density at radius 2 is 1.87 bits per heavy atom. The lowest BCUT2D eigenvalue weighted by atomic mass is 10.1. The van der Waals surface area contributed by atoms with Crippen molar-refractivity contribution in [1.82, 2.24) is 5.32 Å². The first kappa shape index (κ1) is 17.3. The molecule has 1 heterocycles. The summed E-state index contributed by atoms with van der Waals surface area (Å²) < 4.78 is 5.61. The minimum atomic E-state index is 0.0137. The zero-order valence-corrected chi connectivity index (χ0v) is 14.6. The summed E-state index contributed by atoms with van der Waals surface area (Å²) in [6, 6.07) is 10.1. The molecule has 1 aromatic heterocycles. The highest BCUT2D eigenvalue weighted by Crippen LogP contribution is 2.18. The molecule has 0 saturated heterocycles. The second-order valence-electron chi connectivity index (χ2n) is 6.31. The number of anilines is 1. The maximum absolute atomic E-state index is 12.2. The molecule has 4 heteroatoms. The number of carbonyl (C=O) groups is 1. The van der Waals surface area contributed by atoms with Crippen LogP contribution in [0.3, 0.4) is 0 Å². The lowest BCUT2D eigenvalue weighted by molar-refractivity contribution is -0.116. The molecule has 0 aliphatic heterocycles. The number of hydrogen-bond donors (Lipinski definition) is 2. The molecule has 4 nitrogen and oxygen atoms in total. The third-order valence-electron chi connectivity index (χ3n) is 3.87. The minimum absolute atomic E-state index is 0.0137.